The average Bonchev–Trinajstić information content (AvgIpc) is 2.48. The number of nitrogens with one attached hydrogen (secondary N) is 1. The summed E-state index contributed by atoms with van der Waals surface area (Å²) in [4.78, 5) is 12.1. The predicted octanol–water partition coefficient (Wildman–Crippen LogP) is 4.35. The molecule has 0 radical (unpaired) electrons. The Labute approximate surface area is 134 Å². The Hall–Kier alpha value is -2.67. The fourth-order valence-corrected chi connectivity index (χ4v) is 1.76. The van der Waals surface area contributed by atoms with E-state index in [0.29, 0.717) is 5.56 Å². The maximum atomic E-state index is 14.1. The second-order valence-corrected chi connectivity index (χ2v) is 6.13. The van der Waals surface area contributed by atoms with Gasteiger partial charge in [-0.25, -0.2) is 8.78 Å². The molecule has 0 aliphatic rings. The van der Waals surface area contributed by atoms with Crippen LogP contribution in [-0.4, -0.2) is 5.91 Å². The van der Waals surface area contributed by atoms with Gasteiger partial charge in [-0.2, -0.15) is 0 Å². The average molecular weight is 313 g/mol. The summed E-state index contributed by atoms with van der Waals surface area (Å²) >= 11 is 0. The van der Waals surface area contributed by atoms with Gasteiger partial charge < -0.3 is 5.32 Å². The predicted molar refractivity (Wildman–Crippen MR) is 86.9 cm³/mol. The fourth-order valence-electron chi connectivity index (χ4n) is 1.76. The molecule has 0 fully saturated rings. The van der Waals surface area contributed by atoms with Gasteiger partial charge >= 0.3 is 0 Å². The maximum Gasteiger partial charge on any atom is 0.229 e. The summed E-state index contributed by atoms with van der Waals surface area (Å²) in [5, 5.41) is 2.50. The van der Waals surface area contributed by atoms with Crippen LogP contribution < -0.4 is 5.32 Å². The molecule has 0 aromatic heterocycles. The van der Waals surface area contributed by atoms with E-state index < -0.39 is 17.0 Å². The van der Waals surface area contributed by atoms with E-state index >= 15 is 0 Å². The Balaban J connectivity index is 2.43. The van der Waals surface area contributed by atoms with Gasteiger partial charge in [-0.05, 0) is 18.2 Å². The van der Waals surface area contributed by atoms with Crippen LogP contribution >= 0.6 is 0 Å². The van der Waals surface area contributed by atoms with E-state index in [9.17, 15) is 13.6 Å². The molecule has 0 saturated heterocycles. The molecule has 2 aromatic rings. The third kappa shape index (κ3) is 4.40. The van der Waals surface area contributed by atoms with E-state index in [0.717, 1.165) is 12.1 Å². The summed E-state index contributed by atoms with van der Waals surface area (Å²) in [7, 11) is 0. The lowest BCUT2D eigenvalue weighted by molar-refractivity contribution is -0.123. The SMILES string of the molecule is CC(C)(C)C(=O)Nc1c(F)cc(F)cc1C#Cc1ccccc1. The second kappa shape index (κ2) is 6.62. The summed E-state index contributed by atoms with van der Waals surface area (Å²) < 4.78 is 27.5. The number of hydrogen-bond donors (Lipinski definition) is 1. The van der Waals surface area contributed by atoms with Gasteiger partial charge in [0.2, 0.25) is 5.91 Å². The number of amides is 1. The van der Waals surface area contributed by atoms with Crippen molar-refractivity contribution in [3.05, 3.63) is 65.2 Å². The van der Waals surface area contributed by atoms with E-state index in [-0.39, 0.29) is 17.2 Å². The van der Waals surface area contributed by atoms with E-state index in [1.54, 1.807) is 32.9 Å². The molecule has 4 heteroatoms. The lowest BCUT2D eigenvalue weighted by Gasteiger charge is -2.18. The first-order valence-corrected chi connectivity index (χ1v) is 7.15. The van der Waals surface area contributed by atoms with Gasteiger partial charge in [-0.15, -0.1) is 0 Å². The molecule has 1 amide bonds. The largest absolute Gasteiger partial charge is 0.322 e. The van der Waals surface area contributed by atoms with E-state index in [1.807, 2.05) is 18.2 Å². The molecular weight excluding hydrogens is 296 g/mol. The Morgan fingerprint density at radius 1 is 1.04 bits per heavy atom. The number of benzene rings is 2. The van der Waals surface area contributed by atoms with Crippen LogP contribution in [0.5, 0.6) is 0 Å². The molecule has 2 nitrogen and oxygen atoms in total. The monoisotopic (exact) mass is 313 g/mol. The van der Waals surface area contributed by atoms with E-state index in [1.165, 1.54) is 0 Å². The fraction of sp³-hybridized carbons (Fsp3) is 0.211. The first-order chi connectivity index (χ1) is 10.8. The van der Waals surface area contributed by atoms with Crippen LogP contribution in [0.2, 0.25) is 0 Å². The highest BCUT2D eigenvalue weighted by Gasteiger charge is 2.23. The van der Waals surface area contributed by atoms with Crippen molar-refractivity contribution in [3.8, 4) is 11.8 Å². The van der Waals surface area contributed by atoms with Crippen molar-refractivity contribution in [1.82, 2.24) is 0 Å². The van der Waals surface area contributed by atoms with Crippen molar-refractivity contribution < 1.29 is 13.6 Å². The van der Waals surface area contributed by atoms with Crippen molar-refractivity contribution >= 4 is 11.6 Å². The zero-order chi connectivity index (χ0) is 17.0. The highest BCUT2D eigenvalue weighted by molar-refractivity contribution is 5.95. The Bertz CT molecular complexity index is 781. The van der Waals surface area contributed by atoms with Crippen molar-refractivity contribution in [1.29, 1.82) is 0 Å². The number of carbonyl (C=O) groups is 1. The summed E-state index contributed by atoms with van der Waals surface area (Å²) in [5.74, 6) is 3.60. The number of carbonyl (C=O) groups excluding carboxylic acids is 1. The van der Waals surface area contributed by atoms with Crippen LogP contribution in [0.15, 0.2) is 42.5 Å². The maximum absolute atomic E-state index is 14.1. The molecule has 0 saturated carbocycles. The Morgan fingerprint density at radius 2 is 1.70 bits per heavy atom. The molecule has 0 unspecified atom stereocenters. The standard InChI is InChI=1S/C19H17F2NO/c1-19(2,3)18(23)22-17-14(11-15(20)12-16(17)21)10-9-13-7-5-4-6-8-13/h4-8,11-12H,1-3H3,(H,22,23). The summed E-state index contributed by atoms with van der Waals surface area (Å²) in [6, 6.07) is 10.9. The summed E-state index contributed by atoms with van der Waals surface area (Å²) in [5.41, 5.74) is 0.00860. The van der Waals surface area contributed by atoms with Gasteiger partial charge in [0.05, 0.1) is 11.3 Å². The van der Waals surface area contributed by atoms with Crippen LogP contribution in [0.25, 0.3) is 0 Å². The number of rotatable bonds is 1. The van der Waals surface area contributed by atoms with Crippen molar-refractivity contribution in [2.75, 3.05) is 5.32 Å². The van der Waals surface area contributed by atoms with Gasteiger partial charge in [0.1, 0.15) is 5.82 Å². The highest BCUT2D eigenvalue weighted by Crippen LogP contribution is 2.24. The molecule has 23 heavy (non-hydrogen) atoms. The molecule has 1 N–H and O–H groups in total. The quantitative estimate of drug-likeness (QED) is 0.779. The third-order valence-corrected chi connectivity index (χ3v) is 3.09. The van der Waals surface area contributed by atoms with Gasteiger partial charge in [0, 0.05) is 17.0 Å². The van der Waals surface area contributed by atoms with Gasteiger partial charge in [-0.3, -0.25) is 4.79 Å². The molecule has 2 aromatic carbocycles. The van der Waals surface area contributed by atoms with Crippen LogP contribution in [0.4, 0.5) is 14.5 Å². The van der Waals surface area contributed by atoms with E-state index in [4.69, 9.17) is 0 Å². The minimum absolute atomic E-state index is 0.101. The molecule has 0 aliphatic carbocycles. The van der Waals surface area contributed by atoms with Crippen LogP contribution in [0.3, 0.4) is 0 Å². The lowest BCUT2D eigenvalue weighted by atomic mass is 9.95. The number of anilines is 1. The molecule has 0 bridgehead atoms. The lowest BCUT2D eigenvalue weighted by Crippen LogP contribution is -2.28. The first kappa shape index (κ1) is 16.7. The zero-order valence-corrected chi connectivity index (χ0v) is 13.2. The van der Waals surface area contributed by atoms with E-state index in [2.05, 4.69) is 17.2 Å². The van der Waals surface area contributed by atoms with Gasteiger partial charge in [0.25, 0.3) is 0 Å². The minimum atomic E-state index is -0.847. The van der Waals surface area contributed by atoms with Crippen molar-refractivity contribution in [2.24, 2.45) is 5.41 Å². The van der Waals surface area contributed by atoms with Crippen molar-refractivity contribution in [2.45, 2.75) is 20.8 Å². The highest BCUT2D eigenvalue weighted by atomic mass is 19.1. The smallest absolute Gasteiger partial charge is 0.229 e. The molecule has 0 atom stereocenters. The molecule has 118 valence electrons. The topological polar surface area (TPSA) is 29.1 Å². The van der Waals surface area contributed by atoms with Crippen molar-refractivity contribution in [3.63, 3.8) is 0 Å². The minimum Gasteiger partial charge on any atom is -0.322 e. The molecular formula is C19H17F2NO. The zero-order valence-electron chi connectivity index (χ0n) is 13.2. The summed E-state index contributed by atoms with van der Waals surface area (Å²) in [6.07, 6.45) is 0. The normalized spacial score (nSPS) is 10.7. The molecule has 0 heterocycles. The molecule has 0 spiro atoms. The summed E-state index contributed by atoms with van der Waals surface area (Å²) in [6.45, 7) is 5.12. The Kier molecular flexibility index (Phi) is 4.80. The second-order valence-electron chi connectivity index (χ2n) is 6.13. The molecule has 2 rings (SSSR count). The van der Waals surface area contributed by atoms with Gasteiger partial charge in [-0.1, -0.05) is 50.8 Å². The number of halogens is 2. The third-order valence-electron chi connectivity index (χ3n) is 3.09. The van der Waals surface area contributed by atoms with Crippen LogP contribution in [-0.2, 0) is 4.79 Å². The van der Waals surface area contributed by atoms with Gasteiger partial charge in [0.15, 0.2) is 5.82 Å². The number of hydrogen-bond acceptors (Lipinski definition) is 1. The van der Waals surface area contributed by atoms with Crippen LogP contribution in [0, 0.1) is 28.9 Å². The molecule has 0 aliphatic heterocycles. The Morgan fingerprint density at radius 3 is 2.30 bits per heavy atom. The first-order valence-electron chi connectivity index (χ1n) is 7.15. The van der Waals surface area contributed by atoms with Crippen LogP contribution in [0.1, 0.15) is 31.9 Å².